The van der Waals surface area contributed by atoms with Gasteiger partial charge in [0.1, 0.15) is 18.0 Å². The van der Waals surface area contributed by atoms with Gasteiger partial charge in [0.05, 0.1) is 0 Å². The molecule has 5 heteroatoms. The molecule has 1 aromatic heterocycles. The van der Waals surface area contributed by atoms with E-state index in [-0.39, 0.29) is 0 Å². The molecule has 0 atom stereocenters. The summed E-state index contributed by atoms with van der Waals surface area (Å²) in [7, 11) is 0. The lowest BCUT2D eigenvalue weighted by Crippen LogP contribution is -2.15. The molecule has 2 aromatic rings. The number of nitrogens with one attached hydrogen (secondary N) is 2. The highest BCUT2D eigenvalue weighted by Crippen LogP contribution is 2.22. The van der Waals surface area contributed by atoms with Gasteiger partial charge in [0.15, 0.2) is 0 Å². The lowest BCUT2D eigenvalue weighted by atomic mass is 10.2. The molecule has 1 aromatic carbocycles. The molecule has 0 amide bonds. The van der Waals surface area contributed by atoms with Gasteiger partial charge in [-0.05, 0) is 30.5 Å². The first-order chi connectivity index (χ1) is 10.3. The molecule has 0 bridgehead atoms. The van der Waals surface area contributed by atoms with Crippen LogP contribution in [0, 0.1) is 0 Å². The zero-order valence-electron chi connectivity index (χ0n) is 11.8. The van der Waals surface area contributed by atoms with Crippen molar-refractivity contribution in [3.05, 3.63) is 47.2 Å². The maximum absolute atomic E-state index is 5.88. The Morgan fingerprint density at radius 1 is 1.05 bits per heavy atom. The van der Waals surface area contributed by atoms with Crippen LogP contribution in [0.5, 0.6) is 0 Å². The van der Waals surface area contributed by atoms with Crippen LogP contribution in [0.4, 0.5) is 11.6 Å². The fourth-order valence-electron chi connectivity index (χ4n) is 2.61. The van der Waals surface area contributed by atoms with Crippen LogP contribution in [0.15, 0.2) is 36.7 Å². The highest BCUT2D eigenvalue weighted by atomic mass is 35.5. The van der Waals surface area contributed by atoms with Gasteiger partial charge in [-0.3, -0.25) is 0 Å². The lowest BCUT2D eigenvalue weighted by molar-refractivity contribution is 0.750. The second-order valence-electron chi connectivity index (χ2n) is 5.39. The van der Waals surface area contributed by atoms with Gasteiger partial charge in [-0.1, -0.05) is 36.6 Å². The van der Waals surface area contributed by atoms with Gasteiger partial charge in [-0.2, -0.15) is 0 Å². The molecule has 1 saturated carbocycles. The number of nitrogens with zero attached hydrogens (tertiary/aromatic N) is 2. The van der Waals surface area contributed by atoms with E-state index >= 15 is 0 Å². The van der Waals surface area contributed by atoms with E-state index in [9.17, 15) is 0 Å². The van der Waals surface area contributed by atoms with Crippen molar-refractivity contribution in [3.63, 3.8) is 0 Å². The maximum atomic E-state index is 5.88. The summed E-state index contributed by atoms with van der Waals surface area (Å²) in [4.78, 5) is 8.55. The first-order valence-corrected chi connectivity index (χ1v) is 7.74. The quantitative estimate of drug-likeness (QED) is 0.873. The first-order valence-electron chi connectivity index (χ1n) is 7.36. The van der Waals surface area contributed by atoms with E-state index in [1.807, 2.05) is 30.3 Å². The SMILES string of the molecule is Clc1ccc(CNc2cc(NC3CCCC3)ncn2)cc1. The molecule has 0 aliphatic heterocycles. The van der Waals surface area contributed by atoms with Crippen molar-refractivity contribution in [2.75, 3.05) is 10.6 Å². The van der Waals surface area contributed by atoms with Crippen LogP contribution >= 0.6 is 11.6 Å². The van der Waals surface area contributed by atoms with E-state index in [0.717, 1.165) is 23.2 Å². The number of benzene rings is 1. The van der Waals surface area contributed by atoms with E-state index < -0.39 is 0 Å². The van der Waals surface area contributed by atoms with E-state index in [1.165, 1.54) is 31.2 Å². The first kappa shape index (κ1) is 14.1. The second kappa shape index (κ2) is 6.76. The Bertz CT molecular complexity index is 579. The monoisotopic (exact) mass is 302 g/mol. The normalized spacial score (nSPS) is 15.1. The summed E-state index contributed by atoms with van der Waals surface area (Å²) in [5.41, 5.74) is 1.17. The number of hydrogen-bond acceptors (Lipinski definition) is 4. The predicted molar refractivity (Wildman–Crippen MR) is 86.7 cm³/mol. The van der Waals surface area contributed by atoms with Crippen molar-refractivity contribution in [2.45, 2.75) is 38.3 Å². The van der Waals surface area contributed by atoms with E-state index in [1.54, 1.807) is 6.33 Å². The minimum atomic E-state index is 0.559. The summed E-state index contributed by atoms with van der Waals surface area (Å²) in [5, 5.41) is 7.54. The van der Waals surface area contributed by atoms with Crippen molar-refractivity contribution < 1.29 is 0 Å². The number of anilines is 2. The van der Waals surface area contributed by atoms with Gasteiger partial charge in [0, 0.05) is 23.7 Å². The van der Waals surface area contributed by atoms with Gasteiger partial charge >= 0.3 is 0 Å². The molecule has 0 radical (unpaired) electrons. The minimum absolute atomic E-state index is 0.559. The van der Waals surface area contributed by atoms with Crippen molar-refractivity contribution >= 4 is 23.2 Å². The highest BCUT2D eigenvalue weighted by molar-refractivity contribution is 6.30. The van der Waals surface area contributed by atoms with Crippen molar-refractivity contribution in [1.29, 1.82) is 0 Å². The molecule has 0 saturated heterocycles. The molecule has 1 aliphatic rings. The number of hydrogen-bond donors (Lipinski definition) is 2. The molecular formula is C16H19ClN4. The fraction of sp³-hybridized carbons (Fsp3) is 0.375. The van der Waals surface area contributed by atoms with Gasteiger partial charge in [0.2, 0.25) is 0 Å². The lowest BCUT2D eigenvalue weighted by Gasteiger charge is -2.13. The average molecular weight is 303 g/mol. The smallest absolute Gasteiger partial charge is 0.131 e. The molecule has 2 N–H and O–H groups in total. The predicted octanol–water partition coefficient (Wildman–Crippen LogP) is 4.10. The zero-order valence-corrected chi connectivity index (χ0v) is 12.6. The summed E-state index contributed by atoms with van der Waals surface area (Å²) < 4.78 is 0. The van der Waals surface area contributed by atoms with Gasteiger partial charge in [-0.25, -0.2) is 9.97 Å². The third-order valence-electron chi connectivity index (χ3n) is 3.76. The van der Waals surface area contributed by atoms with E-state index in [4.69, 9.17) is 11.6 Å². The summed E-state index contributed by atoms with van der Waals surface area (Å²) >= 11 is 5.88. The second-order valence-corrected chi connectivity index (χ2v) is 5.83. The Morgan fingerprint density at radius 3 is 2.52 bits per heavy atom. The summed E-state index contributed by atoms with van der Waals surface area (Å²) in [6.07, 6.45) is 6.69. The van der Waals surface area contributed by atoms with Crippen LogP contribution in [0.25, 0.3) is 0 Å². The average Bonchev–Trinajstić information content (AvgIpc) is 3.00. The Balaban J connectivity index is 1.58. The van der Waals surface area contributed by atoms with Crippen LogP contribution in [-0.4, -0.2) is 16.0 Å². The number of rotatable bonds is 5. The molecule has 1 heterocycles. The molecule has 4 nitrogen and oxygen atoms in total. The largest absolute Gasteiger partial charge is 0.367 e. The molecule has 3 rings (SSSR count). The number of aromatic nitrogens is 2. The Labute approximate surface area is 130 Å². The Hall–Kier alpha value is -1.81. The third kappa shape index (κ3) is 4.08. The molecule has 0 unspecified atom stereocenters. The number of halogens is 1. The van der Waals surface area contributed by atoms with Gasteiger partial charge < -0.3 is 10.6 Å². The van der Waals surface area contributed by atoms with E-state index in [2.05, 4.69) is 20.6 Å². The van der Waals surface area contributed by atoms with Crippen LogP contribution in [0.1, 0.15) is 31.2 Å². The standard InChI is InChI=1S/C16H19ClN4/c17-13-7-5-12(6-8-13)10-18-15-9-16(20-11-19-15)21-14-3-1-2-4-14/h5-9,11,14H,1-4,10H2,(H2,18,19,20,21). The summed E-state index contributed by atoms with van der Waals surface area (Å²) in [5.74, 6) is 1.73. The minimum Gasteiger partial charge on any atom is -0.367 e. The highest BCUT2D eigenvalue weighted by Gasteiger charge is 2.14. The van der Waals surface area contributed by atoms with Gasteiger partial charge in [0.25, 0.3) is 0 Å². The molecule has 1 aliphatic carbocycles. The molecule has 21 heavy (non-hydrogen) atoms. The third-order valence-corrected chi connectivity index (χ3v) is 4.01. The van der Waals surface area contributed by atoms with Crippen LogP contribution in [-0.2, 0) is 6.54 Å². The maximum Gasteiger partial charge on any atom is 0.131 e. The van der Waals surface area contributed by atoms with Crippen LogP contribution < -0.4 is 10.6 Å². The molecule has 1 fully saturated rings. The van der Waals surface area contributed by atoms with Crippen LogP contribution in [0.3, 0.4) is 0 Å². The van der Waals surface area contributed by atoms with Gasteiger partial charge in [-0.15, -0.1) is 0 Å². The topological polar surface area (TPSA) is 49.8 Å². The molecule has 110 valence electrons. The Morgan fingerprint density at radius 2 is 1.76 bits per heavy atom. The van der Waals surface area contributed by atoms with Crippen LogP contribution in [0.2, 0.25) is 5.02 Å². The van der Waals surface area contributed by atoms with Crippen molar-refractivity contribution in [1.82, 2.24) is 9.97 Å². The Kier molecular flexibility index (Phi) is 4.55. The zero-order chi connectivity index (χ0) is 14.5. The van der Waals surface area contributed by atoms with Crippen molar-refractivity contribution in [3.8, 4) is 0 Å². The molecular weight excluding hydrogens is 284 g/mol. The summed E-state index contributed by atoms with van der Waals surface area (Å²) in [6, 6.07) is 10.3. The van der Waals surface area contributed by atoms with Crippen molar-refractivity contribution in [2.24, 2.45) is 0 Å². The molecule has 0 spiro atoms. The van der Waals surface area contributed by atoms with E-state index in [0.29, 0.717) is 6.04 Å². The summed E-state index contributed by atoms with van der Waals surface area (Å²) in [6.45, 7) is 0.719. The fourth-order valence-corrected chi connectivity index (χ4v) is 2.73.